The predicted molar refractivity (Wildman–Crippen MR) is 92.5 cm³/mol. The third-order valence-corrected chi connectivity index (χ3v) is 5.72. The second-order valence-corrected chi connectivity index (χ2v) is 7.89. The summed E-state index contributed by atoms with van der Waals surface area (Å²) < 4.78 is 47.8. The summed E-state index contributed by atoms with van der Waals surface area (Å²) in [5, 5.41) is 9.06. The molecular formula is C18H18FNO5S. The van der Waals surface area contributed by atoms with Crippen LogP contribution < -0.4 is 9.46 Å². The molecule has 0 fully saturated rings. The molecule has 0 aliphatic carbocycles. The molecule has 0 spiro atoms. The van der Waals surface area contributed by atoms with Crippen LogP contribution in [0.3, 0.4) is 0 Å². The van der Waals surface area contributed by atoms with Gasteiger partial charge >= 0.3 is 5.97 Å². The Morgan fingerprint density at radius 1 is 1.31 bits per heavy atom. The number of aryl methyl sites for hydroxylation is 2. The minimum Gasteiger partial charge on any atom is -0.492 e. The van der Waals surface area contributed by atoms with E-state index in [-0.39, 0.29) is 6.61 Å². The second kappa shape index (κ2) is 7.05. The van der Waals surface area contributed by atoms with Crippen LogP contribution in [0.1, 0.15) is 27.9 Å². The minimum atomic E-state index is -4.24. The molecule has 0 saturated carbocycles. The molecule has 1 heterocycles. The Labute approximate surface area is 150 Å². The molecule has 0 amide bonds. The molecule has 0 bridgehead atoms. The van der Waals surface area contributed by atoms with Gasteiger partial charge in [0.25, 0.3) is 0 Å². The lowest BCUT2D eigenvalue weighted by Gasteiger charge is -2.17. The first-order chi connectivity index (χ1) is 12.3. The Morgan fingerprint density at radius 2 is 2.04 bits per heavy atom. The van der Waals surface area contributed by atoms with E-state index in [1.807, 2.05) is 24.3 Å². The third-order valence-electron chi connectivity index (χ3n) is 4.20. The first kappa shape index (κ1) is 18.3. The summed E-state index contributed by atoms with van der Waals surface area (Å²) in [7, 11) is -4.24. The van der Waals surface area contributed by atoms with Crippen molar-refractivity contribution in [3.8, 4) is 5.75 Å². The van der Waals surface area contributed by atoms with E-state index in [0.717, 1.165) is 17.7 Å². The van der Waals surface area contributed by atoms with Crippen LogP contribution in [0.15, 0.2) is 41.3 Å². The number of sulfonamides is 1. The highest BCUT2D eigenvalue weighted by Crippen LogP contribution is 2.25. The zero-order valence-electron chi connectivity index (χ0n) is 14.0. The van der Waals surface area contributed by atoms with Crippen LogP contribution in [0.25, 0.3) is 0 Å². The number of fused-ring (bicyclic) bond motifs is 1. The van der Waals surface area contributed by atoms with Gasteiger partial charge in [-0.15, -0.1) is 0 Å². The highest BCUT2D eigenvalue weighted by Gasteiger charge is 2.28. The number of hydrogen-bond donors (Lipinski definition) is 2. The summed E-state index contributed by atoms with van der Waals surface area (Å²) in [5.41, 5.74) is 0.646. The SMILES string of the molecule is Cc1cc(C(=O)O)c(F)c(S(=O)(=O)NC2CCc3ccccc3OC2)c1. The van der Waals surface area contributed by atoms with Gasteiger partial charge in [0, 0.05) is 0 Å². The lowest BCUT2D eigenvalue weighted by molar-refractivity contribution is 0.0691. The number of aromatic carboxylic acids is 1. The fourth-order valence-electron chi connectivity index (χ4n) is 2.92. The number of carboxylic acids is 1. The maximum atomic E-state index is 14.4. The number of para-hydroxylation sites is 1. The van der Waals surface area contributed by atoms with E-state index in [2.05, 4.69) is 4.72 Å². The van der Waals surface area contributed by atoms with Crippen LogP contribution in [-0.4, -0.2) is 32.1 Å². The molecule has 0 aromatic heterocycles. The van der Waals surface area contributed by atoms with Gasteiger partial charge in [0.1, 0.15) is 17.3 Å². The van der Waals surface area contributed by atoms with Crippen molar-refractivity contribution in [3.63, 3.8) is 0 Å². The van der Waals surface area contributed by atoms with Gasteiger partial charge in [-0.25, -0.2) is 22.3 Å². The number of nitrogens with one attached hydrogen (secondary N) is 1. The number of carboxylic acid groups (broad SMARTS) is 1. The highest BCUT2D eigenvalue weighted by atomic mass is 32.2. The van der Waals surface area contributed by atoms with Crippen molar-refractivity contribution >= 4 is 16.0 Å². The van der Waals surface area contributed by atoms with Crippen molar-refractivity contribution in [2.45, 2.75) is 30.7 Å². The first-order valence-electron chi connectivity index (χ1n) is 8.04. The molecule has 2 aromatic carbocycles. The molecule has 1 atom stereocenters. The molecule has 138 valence electrons. The summed E-state index contributed by atoms with van der Waals surface area (Å²) in [6.07, 6.45) is 1.09. The average molecular weight is 379 g/mol. The van der Waals surface area contributed by atoms with E-state index in [0.29, 0.717) is 24.2 Å². The quantitative estimate of drug-likeness (QED) is 0.852. The predicted octanol–water partition coefficient (Wildman–Crippen LogP) is 2.50. The van der Waals surface area contributed by atoms with Crippen LogP contribution in [0.2, 0.25) is 0 Å². The fourth-order valence-corrected chi connectivity index (χ4v) is 4.36. The lowest BCUT2D eigenvalue weighted by atomic mass is 10.1. The van der Waals surface area contributed by atoms with E-state index in [1.54, 1.807) is 0 Å². The van der Waals surface area contributed by atoms with Gasteiger partial charge in [0.15, 0.2) is 5.82 Å². The number of ether oxygens (including phenoxy) is 1. The third kappa shape index (κ3) is 3.71. The number of benzene rings is 2. The molecule has 6 nitrogen and oxygen atoms in total. The number of halogens is 1. The van der Waals surface area contributed by atoms with Crippen molar-refractivity contribution in [2.24, 2.45) is 0 Å². The van der Waals surface area contributed by atoms with Crippen molar-refractivity contribution in [1.82, 2.24) is 4.72 Å². The van der Waals surface area contributed by atoms with Gasteiger partial charge in [-0.1, -0.05) is 18.2 Å². The molecule has 1 aliphatic heterocycles. The topological polar surface area (TPSA) is 92.7 Å². The summed E-state index contributed by atoms with van der Waals surface area (Å²) in [5.74, 6) is -2.09. The van der Waals surface area contributed by atoms with Gasteiger partial charge in [-0.05, 0) is 49.1 Å². The molecular weight excluding hydrogens is 361 g/mol. The van der Waals surface area contributed by atoms with Gasteiger partial charge in [-0.2, -0.15) is 0 Å². The van der Waals surface area contributed by atoms with Gasteiger partial charge in [0.2, 0.25) is 10.0 Å². The zero-order chi connectivity index (χ0) is 18.9. The Morgan fingerprint density at radius 3 is 2.77 bits per heavy atom. The van der Waals surface area contributed by atoms with Gasteiger partial charge < -0.3 is 9.84 Å². The second-order valence-electron chi connectivity index (χ2n) is 6.21. The molecule has 2 aromatic rings. The summed E-state index contributed by atoms with van der Waals surface area (Å²) in [4.78, 5) is 10.5. The fraction of sp³-hybridized carbons (Fsp3) is 0.278. The molecule has 1 aliphatic rings. The van der Waals surface area contributed by atoms with Crippen LogP contribution in [0.5, 0.6) is 5.75 Å². The van der Waals surface area contributed by atoms with E-state index in [1.165, 1.54) is 6.92 Å². The van der Waals surface area contributed by atoms with E-state index in [4.69, 9.17) is 9.84 Å². The van der Waals surface area contributed by atoms with Crippen molar-refractivity contribution in [1.29, 1.82) is 0 Å². The monoisotopic (exact) mass is 379 g/mol. The Kier molecular flexibility index (Phi) is 4.97. The molecule has 2 N–H and O–H groups in total. The van der Waals surface area contributed by atoms with Crippen LogP contribution in [0, 0.1) is 12.7 Å². The zero-order valence-corrected chi connectivity index (χ0v) is 14.8. The summed E-state index contributed by atoms with van der Waals surface area (Å²) in [6.45, 7) is 1.62. The largest absolute Gasteiger partial charge is 0.492 e. The van der Waals surface area contributed by atoms with Gasteiger partial charge in [-0.3, -0.25) is 0 Å². The van der Waals surface area contributed by atoms with Gasteiger partial charge in [0.05, 0.1) is 11.6 Å². The normalized spacial score (nSPS) is 17.1. The smallest absolute Gasteiger partial charge is 0.338 e. The van der Waals surface area contributed by atoms with Crippen molar-refractivity contribution in [2.75, 3.05) is 6.61 Å². The molecule has 0 radical (unpaired) electrons. The Hall–Kier alpha value is -2.45. The Bertz CT molecular complexity index is 931. The highest BCUT2D eigenvalue weighted by molar-refractivity contribution is 7.89. The van der Waals surface area contributed by atoms with Crippen LogP contribution in [-0.2, 0) is 16.4 Å². The maximum absolute atomic E-state index is 14.4. The molecule has 8 heteroatoms. The number of rotatable bonds is 4. The summed E-state index contributed by atoms with van der Waals surface area (Å²) in [6, 6.07) is 9.09. The van der Waals surface area contributed by atoms with Crippen molar-refractivity contribution in [3.05, 3.63) is 58.9 Å². The number of carbonyl (C=O) groups is 1. The van der Waals surface area contributed by atoms with Crippen molar-refractivity contribution < 1.29 is 27.4 Å². The van der Waals surface area contributed by atoms with E-state index < -0.39 is 38.3 Å². The molecule has 1 unspecified atom stereocenters. The average Bonchev–Trinajstić information content (AvgIpc) is 2.78. The number of hydrogen-bond acceptors (Lipinski definition) is 4. The molecule has 3 rings (SSSR count). The van der Waals surface area contributed by atoms with E-state index in [9.17, 15) is 17.6 Å². The van der Waals surface area contributed by atoms with Crippen LogP contribution in [0.4, 0.5) is 4.39 Å². The van der Waals surface area contributed by atoms with Crippen LogP contribution >= 0.6 is 0 Å². The van der Waals surface area contributed by atoms with E-state index >= 15 is 0 Å². The first-order valence-corrected chi connectivity index (χ1v) is 9.53. The Balaban J connectivity index is 1.85. The minimum absolute atomic E-state index is 0.107. The summed E-state index contributed by atoms with van der Waals surface area (Å²) >= 11 is 0. The molecule has 0 saturated heterocycles. The maximum Gasteiger partial charge on any atom is 0.338 e. The standard InChI is InChI=1S/C18H18FNO5S/c1-11-8-14(18(21)22)17(19)16(9-11)26(23,24)20-13-7-6-12-4-2-3-5-15(12)25-10-13/h2-5,8-9,13,20H,6-7,10H2,1H3,(H,21,22). The lowest BCUT2D eigenvalue weighted by Crippen LogP contribution is -2.39. The molecule has 26 heavy (non-hydrogen) atoms.